The van der Waals surface area contributed by atoms with Gasteiger partial charge in [0.1, 0.15) is 0 Å². The second-order valence-electron chi connectivity index (χ2n) is 3.20. The number of allylic oxidation sites excluding steroid dienone is 2. The van der Waals surface area contributed by atoms with Crippen molar-refractivity contribution in [2.45, 2.75) is 39.2 Å². The van der Waals surface area contributed by atoms with Gasteiger partial charge in [0.15, 0.2) is 0 Å². The minimum Gasteiger partial charge on any atom is -0.386 e. The third-order valence-corrected chi connectivity index (χ3v) is 1.96. The molecule has 1 atom stereocenters. The van der Waals surface area contributed by atoms with Gasteiger partial charge in [0.05, 0.1) is 5.60 Å². The Morgan fingerprint density at radius 1 is 1.64 bits per heavy atom. The summed E-state index contributed by atoms with van der Waals surface area (Å²) in [6.07, 6.45) is 5.36. The number of rotatable bonds is 4. The predicted octanol–water partition coefficient (Wildman–Crippen LogP) is 2.67. The summed E-state index contributed by atoms with van der Waals surface area (Å²) in [5, 5.41) is 9.52. The van der Waals surface area contributed by atoms with Gasteiger partial charge in [-0.15, -0.1) is 6.58 Å². The van der Waals surface area contributed by atoms with E-state index in [0.717, 1.165) is 12.8 Å². The second-order valence-corrected chi connectivity index (χ2v) is 3.20. The van der Waals surface area contributed by atoms with Crippen molar-refractivity contribution < 1.29 is 5.11 Å². The summed E-state index contributed by atoms with van der Waals surface area (Å²) in [5.41, 5.74) is 0.608. The highest BCUT2D eigenvalue weighted by atomic mass is 16.3. The average Bonchev–Trinajstić information content (AvgIpc) is 2.00. The molecule has 0 aliphatic heterocycles. The fourth-order valence-corrected chi connectivity index (χ4v) is 0.697. The highest BCUT2D eigenvalue weighted by molar-refractivity contribution is 5.00. The van der Waals surface area contributed by atoms with Crippen LogP contribution in [0.25, 0.3) is 0 Å². The molecule has 0 aromatic carbocycles. The van der Waals surface area contributed by atoms with Crippen molar-refractivity contribution in [1.82, 2.24) is 0 Å². The molecule has 1 N–H and O–H groups in total. The Hall–Kier alpha value is -0.560. The van der Waals surface area contributed by atoms with E-state index in [0.29, 0.717) is 0 Å². The van der Waals surface area contributed by atoms with Gasteiger partial charge in [0.2, 0.25) is 0 Å². The van der Waals surface area contributed by atoms with Crippen molar-refractivity contribution in [3.8, 4) is 0 Å². The molecule has 0 rings (SSSR count). The van der Waals surface area contributed by atoms with Crippen LogP contribution < -0.4 is 0 Å². The highest BCUT2D eigenvalue weighted by Gasteiger charge is 2.13. The van der Waals surface area contributed by atoms with Crippen molar-refractivity contribution in [2.24, 2.45) is 0 Å². The minimum absolute atomic E-state index is 0.704. The van der Waals surface area contributed by atoms with Gasteiger partial charge in [-0.25, -0.2) is 0 Å². The van der Waals surface area contributed by atoms with Crippen molar-refractivity contribution in [3.63, 3.8) is 0 Å². The van der Waals surface area contributed by atoms with Crippen LogP contribution >= 0.6 is 0 Å². The first-order valence-electron chi connectivity index (χ1n) is 3.99. The SMILES string of the molecule is C=CC(C)(O)CCC(C)=CC. The largest absolute Gasteiger partial charge is 0.386 e. The third kappa shape index (κ3) is 4.79. The maximum absolute atomic E-state index is 9.52. The van der Waals surface area contributed by atoms with Crippen LogP contribution in [0.5, 0.6) is 0 Å². The molecule has 0 aliphatic carbocycles. The van der Waals surface area contributed by atoms with Gasteiger partial charge in [-0.1, -0.05) is 17.7 Å². The van der Waals surface area contributed by atoms with E-state index < -0.39 is 5.60 Å². The molecule has 0 heterocycles. The lowest BCUT2D eigenvalue weighted by molar-refractivity contribution is 0.103. The molecule has 0 amide bonds. The van der Waals surface area contributed by atoms with E-state index in [1.54, 1.807) is 13.0 Å². The Bertz CT molecular complexity index is 154. The quantitative estimate of drug-likeness (QED) is 0.617. The molecule has 64 valence electrons. The molecule has 11 heavy (non-hydrogen) atoms. The zero-order valence-corrected chi connectivity index (χ0v) is 7.72. The molecule has 0 spiro atoms. The van der Waals surface area contributed by atoms with E-state index in [1.165, 1.54) is 5.57 Å². The molecule has 0 aliphatic rings. The molecule has 1 unspecified atom stereocenters. The van der Waals surface area contributed by atoms with Crippen LogP contribution in [0.4, 0.5) is 0 Å². The fraction of sp³-hybridized carbons (Fsp3) is 0.600. The summed E-state index contributed by atoms with van der Waals surface area (Å²) in [5.74, 6) is 0. The molecule has 1 heteroatoms. The molecule has 0 fully saturated rings. The summed E-state index contributed by atoms with van der Waals surface area (Å²) < 4.78 is 0. The monoisotopic (exact) mass is 154 g/mol. The Morgan fingerprint density at radius 2 is 2.18 bits per heavy atom. The van der Waals surface area contributed by atoms with Gasteiger partial charge in [-0.3, -0.25) is 0 Å². The first kappa shape index (κ1) is 10.4. The fourth-order valence-electron chi connectivity index (χ4n) is 0.697. The van der Waals surface area contributed by atoms with Gasteiger partial charge in [0.25, 0.3) is 0 Å². The summed E-state index contributed by atoms with van der Waals surface area (Å²) in [6, 6.07) is 0. The van der Waals surface area contributed by atoms with E-state index in [-0.39, 0.29) is 0 Å². The Labute approximate surface area is 69.4 Å². The molecule has 0 radical (unpaired) electrons. The van der Waals surface area contributed by atoms with Gasteiger partial charge >= 0.3 is 0 Å². The van der Waals surface area contributed by atoms with Crippen LogP contribution in [0.15, 0.2) is 24.3 Å². The van der Waals surface area contributed by atoms with Crippen molar-refractivity contribution in [3.05, 3.63) is 24.3 Å². The van der Waals surface area contributed by atoms with Gasteiger partial charge in [0, 0.05) is 0 Å². The van der Waals surface area contributed by atoms with Crippen molar-refractivity contribution >= 4 is 0 Å². The maximum Gasteiger partial charge on any atom is 0.0800 e. The van der Waals surface area contributed by atoms with Crippen LogP contribution in [-0.4, -0.2) is 10.7 Å². The number of hydrogen-bond donors (Lipinski definition) is 1. The number of aliphatic hydroxyl groups is 1. The molecule has 0 saturated carbocycles. The van der Waals surface area contributed by atoms with Crippen molar-refractivity contribution in [2.75, 3.05) is 0 Å². The molecule has 1 nitrogen and oxygen atoms in total. The van der Waals surface area contributed by atoms with Crippen LogP contribution in [0.3, 0.4) is 0 Å². The van der Waals surface area contributed by atoms with Crippen LogP contribution in [0.2, 0.25) is 0 Å². The van der Waals surface area contributed by atoms with Crippen LogP contribution in [0, 0.1) is 0 Å². The van der Waals surface area contributed by atoms with Gasteiger partial charge in [-0.2, -0.15) is 0 Å². The first-order valence-corrected chi connectivity index (χ1v) is 3.99. The summed E-state index contributed by atoms with van der Waals surface area (Å²) >= 11 is 0. The molecular formula is C10H18O. The van der Waals surface area contributed by atoms with E-state index in [9.17, 15) is 5.11 Å². The van der Waals surface area contributed by atoms with E-state index in [4.69, 9.17) is 0 Å². The van der Waals surface area contributed by atoms with Crippen LogP contribution in [0.1, 0.15) is 33.6 Å². The Kier molecular flexibility index (Phi) is 4.12. The Morgan fingerprint density at radius 3 is 2.55 bits per heavy atom. The second kappa shape index (κ2) is 4.35. The minimum atomic E-state index is -0.704. The smallest absolute Gasteiger partial charge is 0.0800 e. The standard InChI is InChI=1S/C10H18O/c1-5-9(3)7-8-10(4,11)6-2/h5-6,11H,2,7-8H2,1,3-4H3. The summed E-state index contributed by atoms with van der Waals surface area (Å²) in [7, 11) is 0. The van der Waals surface area contributed by atoms with Gasteiger partial charge in [-0.05, 0) is 33.6 Å². The Balaban J connectivity index is 3.79. The summed E-state index contributed by atoms with van der Waals surface area (Å²) in [6.45, 7) is 9.43. The third-order valence-electron chi connectivity index (χ3n) is 1.96. The highest BCUT2D eigenvalue weighted by Crippen LogP contribution is 2.16. The molecular weight excluding hydrogens is 136 g/mol. The molecule has 0 aromatic heterocycles. The van der Waals surface area contributed by atoms with E-state index >= 15 is 0 Å². The zero-order valence-electron chi connectivity index (χ0n) is 7.72. The average molecular weight is 154 g/mol. The maximum atomic E-state index is 9.52. The van der Waals surface area contributed by atoms with Crippen LogP contribution in [-0.2, 0) is 0 Å². The normalized spacial score (nSPS) is 17.6. The lowest BCUT2D eigenvalue weighted by atomic mass is 9.98. The number of hydrogen-bond acceptors (Lipinski definition) is 1. The van der Waals surface area contributed by atoms with E-state index in [2.05, 4.69) is 19.6 Å². The first-order chi connectivity index (χ1) is 5.02. The molecule has 0 saturated heterocycles. The lowest BCUT2D eigenvalue weighted by Gasteiger charge is -2.17. The summed E-state index contributed by atoms with van der Waals surface area (Å²) in [4.78, 5) is 0. The van der Waals surface area contributed by atoms with Gasteiger partial charge < -0.3 is 5.11 Å². The zero-order chi connectivity index (χ0) is 8.91. The molecule has 0 aromatic rings. The predicted molar refractivity (Wildman–Crippen MR) is 49.5 cm³/mol. The topological polar surface area (TPSA) is 20.2 Å². The van der Waals surface area contributed by atoms with E-state index in [1.807, 2.05) is 6.92 Å². The lowest BCUT2D eigenvalue weighted by Crippen LogP contribution is -2.19. The molecule has 0 bridgehead atoms. The van der Waals surface area contributed by atoms with Crippen molar-refractivity contribution in [1.29, 1.82) is 0 Å².